The molecule has 0 bridgehead atoms. The number of hydrogen-bond acceptors (Lipinski definition) is 5. The molecule has 196 valence electrons. The average Bonchev–Trinajstić information content (AvgIpc) is 2.90. The minimum Gasteiger partial charge on any atom is -0.497 e. The molecule has 0 aliphatic heterocycles. The fraction of sp³-hybridized carbons (Fsp3) is 0.286. The number of carbonyl (C=O) groups excluding carboxylic acids is 2. The molecule has 8 nitrogen and oxygen atoms in total. The third kappa shape index (κ3) is 7.10. The lowest BCUT2D eigenvalue weighted by molar-refractivity contribution is -0.139. The lowest BCUT2D eigenvalue weighted by Crippen LogP contribution is -2.52. The van der Waals surface area contributed by atoms with Crippen LogP contribution in [0.1, 0.15) is 26.3 Å². The summed E-state index contributed by atoms with van der Waals surface area (Å²) >= 11 is 0. The van der Waals surface area contributed by atoms with Crippen molar-refractivity contribution in [1.82, 2.24) is 10.2 Å². The van der Waals surface area contributed by atoms with Crippen LogP contribution in [0.3, 0.4) is 0 Å². The van der Waals surface area contributed by atoms with E-state index in [4.69, 9.17) is 4.74 Å². The molecular weight excluding hydrogens is 490 g/mol. The van der Waals surface area contributed by atoms with Gasteiger partial charge in [0.1, 0.15) is 18.3 Å². The van der Waals surface area contributed by atoms with E-state index in [9.17, 15) is 18.0 Å². The number of nitrogens with zero attached hydrogens (tertiary/aromatic N) is 2. The van der Waals surface area contributed by atoms with Crippen molar-refractivity contribution < 1.29 is 22.7 Å². The van der Waals surface area contributed by atoms with E-state index in [2.05, 4.69) is 5.32 Å². The van der Waals surface area contributed by atoms with Gasteiger partial charge in [0.2, 0.25) is 11.8 Å². The fourth-order valence-corrected chi connectivity index (χ4v) is 5.21. The normalized spacial score (nSPS) is 12.0. The van der Waals surface area contributed by atoms with Crippen LogP contribution in [0, 0.1) is 0 Å². The topological polar surface area (TPSA) is 96.0 Å². The van der Waals surface area contributed by atoms with E-state index in [-0.39, 0.29) is 29.1 Å². The number of rotatable bonds is 11. The van der Waals surface area contributed by atoms with E-state index in [0.29, 0.717) is 5.75 Å². The minimum atomic E-state index is -4.12. The standard InChI is InChI=1S/C28H33N3O5S/c1-21(2)29-28(33)22(3)30(19-23-12-7-5-8-13-23)27(32)20-31(24-14-11-15-25(18-24)36-4)37(34,35)26-16-9-6-10-17-26/h5-18,21-22H,19-20H2,1-4H3,(H,29,33)/t22-/m0/s1. The summed E-state index contributed by atoms with van der Waals surface area (Å²) in [6.07, 6.45) is 0. The van der Waals surface area contributed by atoms with E-state index in [0.717, 1.165) is 9.87 Å². The van der Waals surface area contributed by atoms with E-state index < -0.39 is 28.5 Å². The summed E-state index contributed by atoms with van der Waals surface area (Å²) in [6, 6.07) is 22.8. The summed E-state index contributed by atoms with van der Waals surface area (Å²) in [7, 11) is -2.63. The van der Waals surface area contributed by atoms with Gasteiger partial charge in [-0.2, -0.15) is 0 Å². The van der Waals surface area contributed by atoms with Crippen molar-refractivity contribution in [1.29, 1.82) is 0 Å². The molecule has 0 saturated carbocycles. The number of methoxy groups -OCH3 is 1. The van der Waals surface area contributed by atoms with Gasteiger partial charge in [0.05, 0.1) is 17.7 Å². The van der Waals surface area contributed by atoms with Gasteiger partial charge >= 0.3 is 0 Å². The molecule has 0 fully saturated rings. The van der Waals surface area contributed by atoms with Gasteiger partial charge in [-0.25, -0.2) is 8.42 Å². The van der Waals surface area contributed by atoms with E-state index >= 15 is 0 Å². The maximum Gasteiger partial charge on any atom is 0.264 e. The Morgan fingerprint density at radius 3 is 2.11 bits per heavy atom. The zero-order chi connectivity index (χ0) is 27.0. The second-order valence-corrected chi connectivity index (χ2v) is 10.7. The number of hydrogen-bond donors (Lipinski definition) is 1. The van der Waals surface area contributed by atoms with Gasteiger partial charge in [-0.05, 0) is 50.6 Å². The Morgan fingerprint density at radius 2 is 1.51 bits per heavy atom. The number of ether oxygens (including phenoxy) is 1. The fourth-order valence-electron chi connectivity index (χ4n) is 3.78. The third-order valence-corrected chi connectivity index (χ3v) is 7.53. The number of anilines is 1. The Bertz CT molecular complexity index is 1300. The van der Waals surface area contributed by atoms with Gasteiger partial charge in [0.25, 0.3) is 10.0 Å². The molecule has 0 saturated heterocycles. The van der Waals surface area contributed by atoms with Gasteiger partial charge in [-0.15, -0.1) is 0 Å². The number of nitrogens with one attached hydrogen (secondary N) is 1. The average molecular weight is 524 g/mol. The second-order valence-electron chi connectivity index (χ2n) is 8.87. The van der Waals surface area contributed by atoms with E-state index in [1.807, 2.05) is 44.2 Å². The summed E-state index contributed by atoms with van der Waals surface area (Å²) in [5, 5.41) is 2.84. The molecule has 0 unspecified atom stereocenters. The molecule has 0 radical (unpaired) electrons. The quantitative estimate of drug-likeness (QED) is 0.412. The highest BCUT2D eigenvalue weighted by Crippen LogP contribution is 2.27. The summed E-state index contributed by atoms with van der Waals surface area (Å²) in [4.78, 5) is 28.1. The van der Waals surface area contributed by atoms with Crippen LogP contribution < -0.4 is 14.4 Å². The van der Waals surface area contributed by atoms with Gasteiger partial charge < -0.3 is 15.0 Å². The van der Waals surface area contributed by atoms with Gasteiger partial charge in [-0.3, -0.25) is 13.9 Å². The monoisotopic (exact) mass is 523 g/mol. The molecule has 0 aromatic heterocycles. The van der Waals surface area contributed by atoms with Crippen LogP contribution in [0.15, 0.2) is 89.8 Å². The lowest BCUT2D eigenvalue weighted by atomic mass is 10.1. The number of amides is 2. The SMILES string of the molecule is COc1cccc(N(CC(=O)N(Cc2ccccc2)[C@@H](C)C(=O)NC(C)C)S(=O)(=O)c2ccccc2)c1. The molecule has 3 rings (SSSR count). The number of benzene rings is 3. The first-order chi connectivity index (χ1) is 17.6. The van der Waals surface area contributed by atoms with Crippen LogP contribution in [0.4, 0.5) is 5.69 Å². The van der Waals surface area contributed by atoms with Crippen molar-refractivity contribution in [2.24, 2.45) is 0 Å². The molecule has 0 heterocycles. The van der Waals surface area contributed by atoms with E-state index in [1.165, 1.54) is 24.1 Å². The third-order valence-electron chi connectivity index (χ3n) is 5.75. The predicted molar refractivity (Wildman–Crippen MR) is 144 cm³/mol. The molecule has 0 spiro atoms. The smallest absolute Gasteiger partial charge is 0.264 e. The Labute approximate surface area is 218 Å². The highest BCUT2D eigenvalue weighted by Gasteiger charge is 2.32. The minimum absolute atomic E-state index is 0.0471. The van der Waals surface area contributed by atoms with Crippen LogP contribution in [0.2, 0.25) is 0 Å². The van der Waals surface area contributed by atoms with Gasteiger partial charge in [0, 0.05) is 18.7 Å². The summed E-state index contributed by atoms with van der Waals surface area (Å²) in [6.45, 7) is 4.95. The summed E-state index contributed by atoms with van der Waals surface area (Å²) in [5.74, 6) is -0.389. The maximum absolute atomic E-state index is 13.8. The van der Waals surface area contributed by atoms with Crippen LogP contribution in [0.5, 0.6) is 5.75 Å². The Morgan fingerprint density at radius 1 is 0.892 bits per heavy atom. The van der Waals surface area contributed by atoms with Crippen molar-refractivity contribution in [3.63, 3.8) is 0 Å². The second kappa shape index (κ2) is 12.4. The molecule has 37 heavy (non-hydrogen) atoms. The molecular formula is C28H33N3O5S. The molecule has 1 N–H and O–H groups in total. The van der Waals surface area contributed by atoms with Crippen molar-refractivity contribution in [2.45, 2.75) is 44.3 Å². The summed E-state index contributed by atoms with van der Waals surface area (Å²) in [5.41, 5.74) is 1.09. The predicted octanol–water partition coefficient (Wildman–Crippen LogP) is 3.83. The molecule has 9 heteroatoms. The van der Waals surface area contributed by atoms with Gasteiger partial charge in [-0.1, -0.05) is 54.6 Å². The van der Waals surface area contributed by atoms with Gasteiger partial charge in [0.15, 0.2) is 0 Å². The van der Waals surface area contributed by atoms with E-state index in [1.54, 1.807) is 49.4 Å². The molecule has 0 aliphatic rings. The first-order valence-electron chi connectivity index (χ1n) is 12.0. The van der Waals surface area contributed by atoms with Crippen LogP contribution in [-0.2, 0) is 26.2 Å². The van der Waals surface area contributed by atoms with Crippen LogP contribution in [0.25, 0.3) is 0 Å². The highest BCUT2D eigenvalue weighted by molar-refractivity contribution is 7.92. The van der Waals surface area contributed by atoms with Crippen LogP contribution >= 0.6 is 0 Å². The largest absolute Gasteiger partial charge is 0.497 e. The maximum atomic E-state index is 13.8. The molecule has 3 aromatic carbocycles. The Kier molecular flexibility index (Phi) is 9.30. The van der Waals surface area contributed by atoms with Crippen molar-refractivity contribution in [2.75, 3.05) is 18.0 Å². The number of carbonyl (C=O) groups is 2. The van der Waals surface area contributed by atoms with Crippen molar-refractivity contribution in [3.8, 4) is 5.75 Å². The lowest BCUT2D eigenvalue weighted by Gasteiger charge is -2.32. The van der Waals surface area contributed by atoms with Crippen LogP contribution in [-0.4, -0.2) is 50.9 Å². The molecule has 2 amide bonds. The first kappa shape index (κ1) is 27.7. The summed E-state index contributed by atoms with van der Waals surface area (Å²) < 4.78 is 33.8. The van der Waals surface area contributed by atoms with Crippen molar-refractivity contribution >= 4 is 27.5 Å². The Hall–Kier alpha value is -3.85. The first-order valence-corrected chi connectivity index (χ1v) is 13.4. The molecule has 1 atom stereocenters. The zero-order valence-corrected chi connectivity index (χ0v) is 22.3. The Balaban J connectivity index is 2.02. The molecule has 3 aromatic rings. The molecule has 0 aliphatic carbocycles. The number of sulfonamides is 1. The zero-order valence-electron chi connectivity index (χ0n) is 21.5. The highest BCUT2D eigenvalue weighted by atomic mass is 32.2. The van der Waals surface area contributed by atoms with Crippen molar-refractivity contribution in [3.05, 3.63) is 90.5 Å².